The van der Waals surface area contributed by atoms with Crippen molar-refractivity contribution in [2.24, 2.45) is 0 Å². The number of likely N-dealkylation sites (N-methyl/N-ethyl adjacent to an activating group) is 1. The molecule has 0 aliphatic carbocycles. The van der Waals surface area contributed by atoms with Gasteiger partial charge in [-0.25, -0.2) is 0 Å². The van der Waals surface area contributed by atoms with Gasteiger partial charge in [-0.05, 0) is 27.8 Å². The summed E-state index contributed by atoms with van der Waals surface area (Å²) in [5.74, 6) is -0.527. The van der Waals surface area contributed by atoms with Gasteiger partial charge in [0.1, 0.15) is 0 Å². The Morgan fingerprint density at radius 3 is 2.50 bits per heavy atom. The third kappa shape index (κ3) is 8.95. The number of rotatable bonds is 8. The molecule has 0 bridgehead atoms. The number of nitrogens with zero attached hydrogens (tertiary/aromatic N) is 1. The summed E-state index contributed by atoms with van der Waals surface area (Å²) < 4.78 is 4.73. The molecule has 18 heavy (non-hydrogen) atoms. The zero-order valence-corrected chi connectivity index (χ0v) is 11.6. The van der Waals surface area contributed by atoms with Gasteiger partial charge in [0.15, 0.2) is 0 Å². The Morgan fingerprint density at radius 1 is 1.39 bits per heavy atom. The van der Waals surface area contributed by atoms with Crippen molar-refractivity contribution in [1.82, 2.24) is 10.2 Å². The molecule has 0 heterocycles. The molecular formula is C12H24N2O4. The quantitative estimate of drug-likeness (QED) is 0.589. The van der Waals surface area contributed by atoms with Gasteiger partial charge >= 0.3 is 5.97 Å². The number of hydrogen-bond acceptors (Lipinski definition) is 5. The Morgan fingerprint density at radius 2 is 2.00 bits per heavy atom. The summed E-state index contributed by atoms with van der Waals surface area (Å²) in [6.45, 7) is 6.23. The molecule has 0 radical (unpaired) electrons. The molecule has 6 nitrogen and oxygen atoms in total. The van der Waals surface area contributed by atoms with Gasteiger partial charge in [-0.15, -0.1) is 0 Å². The zero-order chi connectivity index (χ0) is 14.1. The van der Waals surface area contributed by atoms with Gasteiger partial charge in [0, 0.05) is 12.6 Å². The number of aliphatic hydroxyl groups is 1. The SMILES string of the molecule is CCOC(=O)CC(O)CN(C)CC(=O)NC(C)C. The highest BCUT2D eigenvalue weighted by Crippen LogP contribution is 1.97. The summed E-state index contributed by atoms with van der Waals surface area (Å²) in [5, 5.41) is 12.4. The number of esters is 1. The van der Waals surface area contributed by atoms with Crippen LogP contribution in [0.25, 0.3) is 0 Å². The van der Waals surface area contributed by atoms with Gasteiger partial charge in [0.2, 0.25) is 5.91 Å². The average molecular weight is 260 g/mol. The molecule has 0 fully saturated rings. The lowest BCUT2D eigenvalue weighted by atomic mass is 10.2. The van der Waals surface area contributed by atoms with Crippen LogP contribution in [-0.4, -0.2) is 60.8 Å². The first-order valence-corrected chi connectivity index (χ1v) is 6.16. The second kappa shape index (κ2) is 8.88. The molecule has 106 valence electrons. The van der Waals surface area contributed by atoms with Gasteiger partial charge in [-0.3, -0.25) is 14.5 Å². The van der Waals surface area contributed by atoms with Crippen LogP contribution in [0.5, 0.6) is 0 Å². The van der Waals surface area contributed by atoms with Crippen molar-refractivity contribution in [3.8, 4) is 0 Å². The second-order valence-electron chi connectivity index (χ2n) is 4.58. The minimum absolute atomic E-state index is 0.0516. The molecule has 0 aromatic rings. The summed E-state index contributed by atoms with van der Waals surface area (Å²) in [6.07, 6.45) is -0.870. The Hall–Kier alpha value is -1.14. The van der Waals surface area contributed by atoms with E-state index in [1.54, 1.807) is 18.9 Å². The van der Waals surface area contributed by atoms with Crippen LogP contribution in [0.3, 0.4) is 0 Å². The highest BCUT2D eigenvalue weighted by atomic mass is 16.5. The Kier molecular flexibility index (Phi) is 8.32. The molecule has 0 rings (SSSR count). The van der Waals surface area contributed by atoms with E-state index in [0.717, 1.165) is 0 Å². The largest absolute Gasteiger partial charge is 0.466 e. The number of ether oxygens (including phenoxy) is 1. The molecule has 0 aliphatic heterocycles. The number of amides is 1. The summed E-state index contributed by atoms with van der Waals surface area (Å²) >= 11 is 0. The molecule has 0 saturated heterocycles. The van der Waals surface area contributed by atoms with Crippen LogP contribution in [0.1, 0.15) is 27.2 Å². The van der Waals surface area contributed by atoms with E-state index in [1.807, 2.05) is 13.8 Å². The summed E-state index contributed by atoms with van der Waals surface area (Å²) in [5.41, 5.74) is 0. The fourth-order valence-corrected chi connectivity index (χ4v) is 1.51. The predicted octanol–water partition coefficient (Wildman–Crippen LogP) is -0.243. The van der Waals surface area contributed by atoms with Crippen LogP contribution >= 0.6 is 0 Å². The Bertz CT molecular complexity index is 269. The van der Waals surface area contributed by atoms with Crippen LogP contribution < -0.4 is 5.32 Å². The van der Waals surface area contributed by atoms with E-state index in [4.69, 9.17) is 4.74 Å². The summed E-state index contributed by atoms with van der Waals surface area (Å²) in [7, 11) is 1.72. The molecule has 6 heteroatoms. The molecule has 2 N–H and O–H groups in total. The molecule has 0 saturated carbocycles. The monoisotopic (exact) mass is 260 g/mol. The average Bonchev–Trinajstić information content (AvgIpc) is 2.14. The number of hydrogen-bond donors (Lipinski definition) is 2. The van der Waals surface area contributed by atoms with E-state index >= 15 is 0 Å². The molecule has 1 atom stereocenters. The minimum Gasteiger partial charge on any atom is -0.466 e. The third-order valence-electron chi connectivity index (χ3n) is 2.09. The van der Waals surface area contributed by atoms with Gasteiger partial charge in [-0.2, -0.15) is 0 Å². The van der Waals surface area contributed by atoms with Crippen LogP contribution in [0.2, 0.25) is 0 Å². The number of nitrogens with one attached hydrogen (secondary N) is 1. The van der Waals surface area contributed by atoms with E-state index in [2.05, 4.69) is 5.32 Å². The van der Waals surface area contributed by atoms with Gasteiger partial charge in [0.05, 0.1) is 25.7 Å². The normalized spacial score (nSPS) is 12.6. The molecular weight excluding hydrogens is 236 g/mol. The lowest BCUT2D eigenvalue weighted by Gasteiger charge is -2.20. The van der Waals surface area contributed by atoms with Crippen LogP contribution in [0.15, 0.2) is 0 Å². The predicted molar refractivity (Wildman–Crippen MR) is 68.0 cm³/mol. The smallest absolute Gasteiger partial charge is 0.308 e. The van der Waals surface area contributed by atoms with Crippen LogP contribution in [0, 0.1) is 0 Å². The maximum atomic E-state index is 11.4. The van der Waals surface area contributed by atoms with E-state index in [9.17, 15) is 14.7 Å². The highest BCUT2D eigenvalue weighted by molar-refractivity contribution is 5.78. The van der Waals surface area contributed by atoms with Crippen LogP contribution in [0.4, 0.5) is 0 Å². The van der Waals surface area contributed by atoms with Gasteiger partial charge in [0.25, 0.3) is 0 Å². The standard InChI is InChI=1S/C12H24N2O4/c1-5-18-12(17)6-10(15)7-14(4)8-11(16)13-9(2)3/h9-10,15H,5-8H2,1-4H3,(H,13,16). The molecule has 0 spiro atoms. The van der Waals surface area contributed by atoms with Crippen molar-refractivity contribution in [3.63, 3.8) is 0 Å². The first kappa shape index (κ1) is 16.9. The van der Waals surface area contributed by atoms with Crippen molar-refractivity contribution in [3.05, 3.63) is 0 Å². The molecule has 1 amide bonds. The van der Waals surface area contributed by atoms with Gasteiger partial charge in [-0.1, -0.05) is 0 Å². The Labute approximate surface area is 108 Å². The minimum atomic E-state index is -0.819. The molecule has 0 aromatic carbocycles. The van der Waals surface area contributed by atoms with Crippen molar-refractivity contribution in [2.75, 3.05) is 26.7 Å². The topological polar surface area (TPSA) is 78.9 Å². The van der Waals surface area contributed by atoms with Crippen molar-refractivity contribution in [2.45, 2.75) is 39.3 Å². The fraction of sp³-hybridized carbons (Fsp3) is 0.833. The third-order valence-corrected chi connectivity index (χ3v) is 2.09. The van der Waals surface area contributed by atoms with Crippen molar-refractivity contribution in [1.29, 1.82) is 0 Å². The number of aliphatic hydroxyl groups excluding tert-OH is 1. The summed E-state index contributed by atoms with van der Waals surface area (Å²) in [4.78, 5) is 24.2. The maximum absolute atomic E-state index is 11.4. The first-order chi connectivity index (χ1) is 8.35. The summed E-state index contributed by atoms with van der Waals surface area (Å²) in [6, 6.07) is 0.0929. The van der Waals surface area contributed by atoms with E-state index in [-0.39, 0.29) is 31.5 Å². The second-order valence-corrected chi connectivity index (χ2v) is 4.58. The molecule has 0 aliphatic rings. The van der Waals surface area contributed by atoms with E-state index in [0.29, 0.717) is 6.61 Å². The zero-order valence-electron chi connectivity index (χ0n) is 11.6. The van der Waals surface area contributed by atoms with Gasteiger partial charge < -0.3 is 15.2 Å². The van der Waals surface area contributed by atoms with Crippen LogP contribution in [-0.2, 0) is 14.3 Å². The van der Waals surface area contributed by atoms with Crippen molar-refractivity contribution >= 4 is 11.9 Å². The van der Waals surface area contributed by atoms with E-state index < -0.39 is 12.1 Å². The number of carbonyl (C=O) groups excluding carboxylic acids is 2. The number of carbonyl (C=O) groups is 2. The first-order valence-electron chi connectivity index (χ1n) is 6.16. The maximum Gasteiger partial charge on any atom is 0.308 e. The fourth-order valence-electron chi connectivity index (χ4n) is 1.51. The molecule has 0 aromatic heterocycles. The lowest BCUT2D eigenvalue weighted by Crippen LogP contribution is -2.41. The van der Waals surface area contributed by atoms with Crippen molar-refractivity contribution < 1.29 is 19.4 Å². The Balaban J connectivity index is 3.89. The highest BCUT2D eigenvalue weighted by Gasteiger charge is 2.15. The molecule has 1 unspecified atom stereocenters. The van der Waals surface area contributed by atoms with E-state index in [1.165, 1.54) is 0 Å². The lowest BCUT2D eigenvalue weighted by molar-refractivity contribution is -0.145.